The number of amides is 2. The second kappa shape index (κ2) is 8.13. The largest absolute Gasteiger partial charge is 0.369 e. The highest BCUT2D eigenvalue weighted by Gasteiger charge is 2.42. The fraction of sp³-hybridized carbons (Fsp3) is 0.208. The van der Waals surface area contributed by atoms with E-state index in [1.807, 2.05) is 13.0 Å². The molecule has 4 aromatic rings. The maximum absolute atomic E-state index is 12.9. The minimum Gasteiger partial charge on any atom is -0.369 e. The first-order valence-electron chi connectivity index (χ1n) is 10.6. The molecule has 3 aromatic heterocycles. The van der Waals surface area contributed by atoms with E-state index in [1.165, 1.54) is 4.90 Å². The van der Waals surface area contributed by atoms with Gasteiger partial charge in [-0.25, -0.2) is 4.98 Å². The molecule has 0 radical (unpaired) electrons. The molecule has 0 spiro atoms. The molecule has 0 bridgehead atoms. The lowest BCUT2D eigenvalue weighted by atomic mass is 10.0. The molecule has 0 aliphatic carbocycles. The van der Waals surface area contributed by atoms with Crippen LogP contribution in [0, 0.1) is 18.8 Å². The lowest BCUT2D eigenvalue weighted by Gasteiger charge is -2.13. The highest BCUT2D eigenvalue weighted by molar-refractivity contribution is 6.10. The van der Waals surface area contributed by atoms with Crippen molar-refractivity contribution >= 4 is 28.5 Å². The number of pyridine rings is 1. The van der Waals surface area contributed by atoms with Crippen LogP contribution in [0.15, 0.2) is 42.6 Å². The van der Waals surface area contributed by atoms with Gasteiger partial charge >= 0.3 is 0 Å². The van der Waals surface area contributed by atoms with Gasteiger partial charge in [0.25, 0.3) is 11.8 Å². The Morgan fingerprint density at radius 1 is 1.26 bits per heavy atom. The highest BCUT2D eigenvalue weighted by atomic mass is 16.3. The summed E-state index contributed by atoms with van der Waals surface area (Å²) in [5.74, 6) is 4.73. The second-order valence-electron chi connectivity index (χ2n) is 8.20. The molecule has 4 N–H and O–H groups in total. The molecule has 1 atom stereocenters. The smallest absolute Gasteiger partial charge is 0.274 e. The molecule has 34 heavy (non-hydrogen) atoms. The van der Waals surface area contributed by atoms with E-state index in [9.17, 15) is 14.7 Å². The molecule has 170 valence electrons. The minimum absolute atomic E-state index is 0.259. The molecule has 4 heterocycles. The number of aryl methyl sites for hydroxylation is 1. The number of anilines is 1. The average molecular weight is 455 g/mol. The fourth-order valence-electron chi connectivity index (χ4n) is 3.84. The van der Waals surface area contributed by atoms with Gasteiger partial charge in [-0.05, 0) is 37.3 Å². The van der Waals surface area contributed by atoms with Crippen LogP contribution in [-0.2, 0) is 4.79 Å². The van der Waals surface area contributed by atoms with Crippen molar-refractivity contribution in [3.63, 3.8) is 0 Å². The standard InChI is InChI=1S/C24H21N7O3/c1-14-18(13-25-28-14)19-7-6-17-20(29-30-21(17)27-19)22(32)26-16-5-3-4-15(12-16)8-9-24(34)10-11-31(2)23(24)33/h3-7,12-13,34H,10-11H2,1-2H3,(H,25,28)(H,26,32)(H,27,29,30)/t24-/m0/s1. The Labute approximate surface area is 194 Å². The third-order valence-electron chi connectivity index (χ3n) is 5.79. The molecule has 1 fully saturated rings. The molecule has 1 aliphatic rings. The van der Waals surface area contributed by atoms with Crippen molar-refractivity contribution in [3.05, 3.63) is 59.5 Å². The van der Waals surface area contributed by atoms with Crippen LogP contribution in [-0.4, -0.2) is 66.4 Å². The number of hydrogen-bond donors (Lipinski definition) is 4. The summed E-state index contributed by atoms with van der Waals surface area (Å²) in [5, 5.41) is 27.7. The third-order valence-corrected chi connectivity index (χ3v) is 5.79. The Bertz CT molecular complexity index is 1490. The minimum atomic E-state index is -1.68. The first-order valence-corrected chi connectivity index (χ1v) is 10.6. The summed E-state index contributed by atoms with van der Waals surface area (Å²) >= 11 is 0. The van der Waals surface area contributed by atoms with Gasteiger partial charge in [-0.3, -0.25) is 19.8 Å². The van der Waals surface area contributed by atoms with Crippen molar-refractivity contribution in [3.8, 4) is 23.1 Å². The van der Waals surface area contributed by atoms with Crippen molar-refractivity contribution in [1.29, 1.82) is 0 Å². The van der Waals surface area contributed by atoms with Crippen molar-refractivity contribution < 1.29 is 14.7 Å². The summed E-state index contributed by atoms with van der Waals surface area (Å²) in [4.78, 5) is 31.0. The van der Waals surface area contributed by atoms with Gasteiger partial charge in [-0.1, -0.05) is 17.9 Å². The molecule has 5 rings (SSSR count). The number of aliphatic hydroxyl groups is 1. The molecular formula is C24H21N7O3. The predicted molar refractivity (Wildman–Crippen MR) is 125 cm³/mol. The van der Waals surface area contributed by atoms with Crippen LogP contribution in [0.25, 0.3) is 22.3 Å². The summed E-state index contributed by atoms with van der Waals surface area (Å²) in [6.45, 7) is 2.36. The number of nitrogens with one attached hydrogen (secondary N) is 3. The van der Waals surface area contributed by atoms with Gasteiger partial charge < -0.3 is 15.3 Å². The van der Waals surface area contributed by atoms with Crippen molar-refractivity contribution in [2.45, 2.75) is 18.9 Å². The van der Waals surface area contributed by atoms with Crippen LogP contribution in [0.5, 0.6) is 0 Å². The predicted octanol–water partition coefficient (Wildman–Crippen LogP) is 1.85. The number of hydrogen-bond acceptors (Lipinski definition) is 6. The zero-order valence-corrected chi connectivity index (χ0v) is 18.5. The molecule has 10 nitrogen and oxygen atoms in total. The number of likely N-dealkylation sites (N-methyl/N-ethyl adjacent to an activating group) is 1. The highest BCUT2D eigenvalue weighted by Crippen LogP contribution is 2.24. The summed E-state index contributed by atoms with van der Waals surface area (Å²) < 4.78 is 0. The number of likely N-dealkylation sites (tertiary alicyclic amines) is 1. The lowest BCUT2D eigenvalue weighted by molar-refractivity contribution is -0.137. The van der Waals surface area contributed by atoms with Gasteiger partial charge in [0.2, 0.25) is 5.60 Å². The fourth-order valence-corrected chi connectivity index (χ4v) is 3.84. The van der Waals surface area contributed by atoms with E-state index in [0.717, 1.165) is 11.3 Å². The second-order valence-corrected chi connectivity index (χ2v) is 8.20. The van der Waals surface area contributed by atoms with Gasteiger partial charge in [0.15, 0.2) is 5.65 Å². The van der Waals surface area contributed by atoms with Crippen LogP contribution in [0.4, 0.5) is 5.69 Å². The number of H-pyrrole nitrogens is 2. The Balaban J connectivity index is 1.36. The van der Waals surface area contributed by atoms with Crippen LogP contribution in [0.3, 0.4) is 0 Å². The van der Waals surface area contributed by atoms with E-state index in [0.29, 0.717) is 34.5 Å². The third kappa shape index (κ3) is 3.78. The average Bonchev–Trinajstić information content (AvgIpc) is 3.52. The van der Waals surface area contributed by atoms with Gasteiger partial charge in [0, 0.05) is 42.5 Å². The molecule has 2 amide bonds. The van der Waals surface area contributed by atoms with E-state index in [1.54, 1.807) is 43.6 Å². The summed E-state index contributed by atoms with van der Waals surface area (Å²) in [6, 6.07) is 10.5. The van der Waals surface area contributed by atoms with Gasteiger partial charge in [0.05, 0.1) is 17.3 Å². The number of benzene rings is 1. The first kappa shape index (κ1) is 21.4. The first-order chi connectivity index (χ1) is 16.3. The Morgan fingerprint density at radius 2 is 2.12 bits per heavy atom. The zero-order valence-electron chi connectivity index (χ0n) is 18.5. The number of aromatic amines is 2. The van der Waals surface area contributed by atoms with Crippen LogP contribution >= 0.6 is 0 Å². The number of carbonyl (C=O) groups is 2. The Morgan fingerprint density at radius 3 is 2.85 bits per heavy atom. The van der Waals surface area contributed by atoms with Gasteiger partial charge in [-0.15, -0.1) is 0 Å². The zero-order chi connectivity index (χ0) is 23.9. The van der Waals surface area contributed by atoms with Crippen LogP contribution in [0.1, 0.15) is 28.2 Å². The maximum Gasteiger partial charge on any atom is 0.274 e. The normalized spacial score (nSPS) is 17.6. The van der Waals surface area contributed by atoms with E-state index in [4.69, 9.17) is 0 Å². The van der Waals surface area contributed by atoms with Gasteiger partial charge in [-0.2, -0.15) is 10.2 Å². The van der Waals surface area contributed by atoms with E-state index >= 15 is 0 Å². The van der Waals surface area contributed by atoms with E-state index < -0.39 is 11.5 Å². The molecular weight excluding hydrogens is 434 g/mol. The SMILES string of the molecule is Cc1[nH]ncc1-c1ccc2c(C(=O)Nc3cccc(C#C[C@]4(O)CCN(C)C4=O)c3)[nH]nc2n1. The quantitative estimate of drug-likeness (QED) is 0.348. The van der Waals surface area contributed by atoms with Gasteiger partial charge in [0.1, 0.15) is 5.69 Å². The number of rotatable bonds is 3. The van der Waals surface area contributed by atoms with Crippen molar-refractivity contribution in [1.82, 2.24) is 30.3 Å². The number of nitrogens with zero attached hydrogens (tertiary/aromatic N) is 4. The molecule has 10 heteroatoms. The summed E-state index contributed by atoms with van der Waals surface area (Å²) in [6.07, 6.45) is 1.95. The monoisotopic (exact) mass is 455 g/mol. The topological polar surface area (TPSA) is 140 Å². The van der Waals surface area contributed by atoms with Crippen molar-refractivity contribution in [2.75, 3.05) is 18.9 Å². The van der Waals surface area contributed by atoms with Crippen LogP contribution in [0.2, 0.25) is 0 Å². The number of carbonyl (C=O) groups excluding carboxylic acids is 2. The molecule has 1 saturated heterocycles. The van der Waals surface area contributed by atoms with E-state index in [-0.39, 0.29) is 18.0 Å². The molecule has 0 unspecified atom stereocenters. The molecule has 1 aromatic carbocycles. The lowest BCUT2D eigenvalue weighted by Crippen LogP contribution is -2.37. The molecule has 1 aliphatic heterocycles. The van der Waals surface area contributed by atoms with Crippen molar-refractivity contribution in [2.24, 2.45) is 0 Å². The number of fused-ring (bicyclic) bond motifs is 1. The Hall–Kier alpha value is -4.49. The number of aromatic nitrogens is 5. The van der Waals surface area contributed by atoms with Crippen LogP contribution < -0.4 is 5.32 Å². The summed E-state index contributed by atoms with van der Waals surface area (Å²) in [5.41, 5.74) is 2.56. The Kier molecular flexibility index (Phi) is 5.11. The summed E-state index contributed by atoms with van der Waals surface area (Å²) in [7, 11) is 1.63. The maximum atomic E-state index is 12.9. The molecule has 0 saturated carbocycles. The van der Waals surface area contributed by atoms with E-state index in [2.05, 4.69) is 42.5 Å².